The van der Waals surface area contributed by atoms with E-state index >= 15 is 0 Å². The molecule has 0 atom stereocenters. The van der Waals surface area contributed by atoms with E-state index in [-0.39, 0.29) is 7.43 Å². The Balaban J connectivity index is 0.000000138. The largest absolute Gasteiger partial charge is 0.432 e. The third-order valence-electron chi connectivity index (χ3n) is 12.7. The van der Waals surface area contributed by atoms with Gasteiger partial charge in [0.05, 0.1) is 37.2 Å². The fourth-order valence-electron chi connectivity index (χ4n) is 9.22. The molecular formula is C51H52N12O5S2. The number of pyridine rings is 2. The van der Waals surface area contributed by atoms with E-state index in [0.29, 0.717) is 90.2 Å². The summed E-state index contributed by atoms with van der Waals surface area (Å²) < 4.78 is 23.5. The number of hydrogen-bond donors (Lipinski definition) is 3. The van der Waals surface area contributed by atoms with Crippen molar-refractivity contribution < 1.29 is 23.1 Å². The van der Waals surface area contributed by atoms with Gasteiger partial charge in [-0.3, -0.25) is 9.69 Å². The van der Waals surface area contributed by atoms with E-state index in [1.54, 1.807) is 6.07 Å². The van der Waals surface area contributed by atoms with Gasteiger partial charge < -0.3 is 43.4 Å². The van der Waals surface area contributed by atoms with Crippen LogP contribution in [0, 0.1) is 0 Å². The molecule has 4 aliphatic heterocycles. The highest BCUT2D eigenvalue weighted by Gasteiger charge is 2.26. The molecule has 17 nitrogen and oxygen atoms in total. The number of anilines is 2. The second kappa shape index (κ2) is 20.4. The van der Waals surface area contributed by atoms with Crippen molar-refractivity contribution >= 4 is 108 Å². The molecule has 4 aliphatic rings. The van der Waals surface area contributed by atoms with Gasteiger partial charge >= 0.3 is 0 Å². The van der Waals surface area contributed by atoms with Gasteiger partial charge in [0.15, 0.2) is 40.7 Å². The number of carbonyl (C=O) groups is 1. The number of thioether (sulfide) groups is 2. The first-order valence-electron chi connectivity index (χ1n) is 23.2. The molecule has 4 saturated heterocycles. The van der Waals surface area contributed by atoms with Crippen molar-refractivity contribution in [2.75, 3.05) is 98.8 Å². The van der Waals surface area contributed by atoms with Crippen molar-refractivity contribution in [3.05, 3.63) is 96.6 Å². The van der Waals surface area contributed by atoms with Gasteiger partial charge in [0.2, 0.25) is 11.4 Å². The maximum atomic E-state index is 11.3. The van der Waals surface area contributed by atoms with E-state index in [1.165, 1.54) is 35.7 Å². The Bertz CT molecular complexity index is 3450. The minimum absolute atomic E-state index is 0. The number of aromatic nitrogens is 8. The normalized spacial score (nSPS) is 16.5. The molecule has 0 amide bonds. The van der Waals surface area contributed by atoms with Crippen molar-refractivity contribution in [1.82, 2.24) is 50.1 Å². The van der Waals surface area contributed by atoms with Gasteiger partial charge in [0, 0.05) is 132 Å². The van der Waals surface area contributed by atoms with Crippen LogP contribution in [0.5, 0.6) is 0 Å². The van der Waals surface area contributed by atoms with Gasteiger partial charge in [-0.25, -0.2) is 29.9 Å². The molecule has 0 saturated carbocycles. The molecule has 358 valence electrons. The lowest BCUT2D eigenvalue weighted by molar-refractivity contribution is 0.112. The lowest BCUT2D eigenvalue weighted by Gasteiger charge is -2.27. The third kappa shape index (κ3) is 9.04. The number of rotatable bonds is 7. The number of furan rings is 2. The van der Waals surface area contributed by atoms with Crippen LogP contribution >= 0.6 is 23.5 Å². The summed E-state index contributed by atoms with van der Waals surface area (Å²) in [5.74, 6) is 7.56. The summed E-state index contributed by atoms with van der Waals surface area (Å²) in [7, 11) is 0. The van der Waals surface area contributed by atoms with Crippen LogP contribution in [0.1, 0.15) is 23.3 Å². The number of nitrogens with zero attached hydrogens (tertiary/aromatic N) is 9. The first-order valence-corrected chi connectivity index (χ1v) is 25.5. The Morgan fingerprint density at radius 1 is 0.643 bits per heavy atom. The molecule has 10 aromatic rings. The minimum atomic E-state index is 0. The molecule has 0 unspecified atom stereocenters. The van der Waals surface area contributed by atoms with Crippen LogP contribution in [0.25, 0.3) is 89.0 Å². The number of hydrogen-bond acceptors (Lipinski definition) is 17. The molecule has 0 bridgehead atoms. The van der Waals surface area contributed by atoms with E-state index in [0.717, 1.165) is 93.8 Å². The van der Waals surface area contributed by atoms with Crippen molar-refractivity contribution in [1.29, 1.82) is 0 Å². The van der Waals surface area contributed by atoms with E-state index in [2.05, 4.69) is 64.2 Å². The first-order chi connectivity index (χ1) is 34.1. The fourth-order valence-corrected chi connectivity index (χ4v) is 10.9. The Kier molecular flexibility index (Phi) is 13.3. The van der Waals surface area contributed by atoms with Gasteiger partial charge in [-0.1, -0.05) is 31.7 Å². The molecule has 19 heteroatoms. The Hall–Kier alpha value is -6.61. The lowest BCUT2D eigenvalue weighted by Crippen LogP contribution is -2.37. The van der Waals surface area contributed by atoms with Gasteiger partial charge in [-0.15, -0.1) is 23.5 Å². The Morgan fingerprint density at radius 2 is 1.23 bits per heavy atom. The number of nitrogens with one attached hydrogen (secondary N) is 3. The Labute approximate surface area is 411 Å². The molecule has 70 heavy (non-hydrogen) atoms. The zero-order valence-corrected chi connectivity index (χ0v) is 39.3. The fraction of sp³-hybridized carbons (Fsp3) is 0.314. The number of fused-ring (bicyclic) bond motifs is 8. The van der Waals surface area contributed by atoms with E-state index in [1.807, 2.05) is 72.4 Å². The number of morpholine rings is 2. The van der Waals surface area contributed by atoms with Crippen LogP contribution < -0.4 is 15.1 Å². The van der Waals surface area contributed by atoms with Gasteiger partial charge in [-0.05, 0) is 42.0 Å². The zero-order chi connectivity index (χ0) is 46.1. The van der Waals surface area contributed by atoms with Gasteiger partial charge in [-0.2, -0.15) is 0 Å². The third-order valence-corrected chi connectivity index (χ3v) is 14.6. The van der Waals surface area contributed by atoms with Crippen molar-refractivity contribution in [3.63, 3.8) is 0 Å². The first kappa shape index (κ1) is 45.8. The van der Waals surface area contributed by atoms with E-state index < -0.39 is 0 Å². The number of aromatic amines is 2. The molecule has 14 rings (SSSR count). The summed E-state index contributed by atoms with van der Waals surface area (Å²) in [6.45, 7) is 8.77. The van der Waals surface area contributed by atoms with Crippen molar-refractivity contribution in [2.45, 2.75) is 14.0 Å². The summed E-state index contributed by atoms with van der Waals surface area (Å²) in [5.41, 5.74) is 9.47. The monoisotopic (exact) mass is 976 g/mol. The molecular weight excluding hydrogens is 925 g/mol. The number of carbonyl (C=O) groups excluding carboxylic acids is 1. The smallest absolute Gasteiger partial charge is 0.229 e. The summed E-state index contributed by atoms with van der Waals surface area (Å²) >= 11 is 3.94. The summed E-state index contributed by atoms with van der Waals surface area (Å²) in [6, 6.07) is 20.3. The quantitative estimate of drug-likeness (QED) is 0.128. The summed E-state index contributed by atoms with van der Waals surface area (Å²) in [5, 5.41) is 6.98. The number of aldehydes is 1. The highest BCUT2D eigenvalue weighted by Crippen LogP contribution is 2.38. The molecule has 0 spiro atoms. The maximum Gasteiger partial charge on any atom is 0.229 e. The second-order valence-electron chi connectivity index (χ2n) is 17.1. The standard InChI is InChI=1S/C25H24N6O2S.C22H17N5O3.C3H7NS.CH4/c1-2-18(17-4-5-26-20(17)3-1)23-28-21-19-12-16(14-30-8-11-34-15-30)13-27-25(19)33-22(21)24(29-23)31-6-9-32-10-7-31;28-12-13-10-16-18-19(30-22(16)24-11-13)21(27-6-8-29-9-7-27)26-20(25-18)15-2-1-3-17-14(15)4-5-23-17;1-2-5-3-4-1;/h1-5,12-13,26H,6-11,14-15H2;1-5,10-12,23H,6-9H2;4H,1-3H2;1H4. The highest BCUT2D eigenvalue weighted by atomic mass is 32.2. The second-order valence-corrected chi connectivity index (χ2v) is 19.2. The number of H-pyrrole nitrogens is 2. The molecule has 0 radical (unpaired) electrons. The van der Waals surface area contributed by atoms with Crippen LogP contribution in [0.4, 0.5) is 11.6 Å². The molecule has 8 aromatic heterocycles. The van der Waals surface area contributed by atoms with Crippen molar-refractivity contribution in [2.24, 2.45) is 0 Å². The van der Waals surface area contributed by atoms with E-state index in [9.17, 15) is 4.79 Å². The molecule has 12 heterocycles. The molecule has 2 aromatic carbocycles. The SMILES string of the molecule is C.C1CSCN1.O=Cc1cnc2oc3c(N4CCOCC4)nc(-c4cccc5[nH]ccc45)nc3c2c1.c1cc(-c2nc(N3CCOCC3)c3oc4ncc(CN5CCSC5)cc4c3n2)c2cc[nH]c2c1. The summed E-state index contributed by atoms with van der Waals surface area (Å²) in [6.07, 6.45) is 8.06. The molecule has 0 aliphatic carbocycles. The lowest BCUT2D eigenvalue weighted by atomic mass is 10.1. The van der Waals surface area contributed by atoms with Gasteiger partial charge in [0.25, 0.3) is 0 Å². The number of benzene rings is 2. The van der Waals surface area contributed by atoms with Crippen molar-refractivity contribution in [3.8, 4) is 22.8 Å². The maximum absolute atomic E-state index is 11.3. The number of ether oxygens (including phenoxy) is 2. The Morgan fingerprint density at radius 3 is 1.74 bits per heavy atom. The van der Waals surface area contributed by atoms with Gasteiger partial charge in [0.1, 0.15) is 11.0 Å². The average molecular weight is 977 g/mol. The molecule has 4 fully saturated rings. The highest BCUT2D eigenvalue weighted by molar-refractivity contribution is 7.99. The van der Waals surface area contributed by atoms with Crippen LogP contribution in [-0.2, 0) is 16.0 Å². The average Bonchev–Trinajstić information content (AvgIpc) is 4.28. The van der Waals surface area contributed by atoms with Crippen LogP contribution in [0.2, 0.25) is 0 Å². The molecule has 3 N–H and O–H groups in total. The predicted molar refractivity (Wildman–Crippen MR) is 280 cm³/mol. The minimum Gasteiger partial charge on any atom is -0.432 e. The predicted octanol–water partition coefficient (Wildman–Crippen LogP) is 8.75. The zero-order valence-electron chi connectivity index (χ0n) is 37.6. The summed E-state index contributed by atoms with van der Waals surface area (Å²) in [4.78, 5) is 53.5. The van der Waals surface area contributed by atoms with Crippen LogP contribution in [0.15, 0.2) is 94.3 Å². The van der Waals surface area contributed by atoms with Crippen LogP contribution in [-0.4, -0.2) is 140 Å². The topological polar surface area (TPSA) is 192 Å². The van der Waals surface area contributed by atoms with E-state index in [4.69, 9.17) is 38.2 Å². The van der Waals surface area contributed by atoms with Crippen LogP contribution in [0.3, 0.4) is 0 Å².